The lowest BCUT2D eigenvalue weighted by Gasteiger charge is -2.23. The van der Waals surface area contributed by atoms with Crippen LogP contribution >= 0.6 is 0 Å². The van der Waals surface area contributed by atoms with Crippen molar-refractivity contribution in [2.75, 3.05) is 13.2 Å². The number of benzene rings is 1. The first-order valence-corrected chi connectivity index (χ1v) is 9.72. The SMILES string of the molecule is CC(C)NC(=O)[C@@H]1Cc2cccc(c2)OCCCCNC(=O)N[C@@H](C)C(=O)N1. The molecular weight excluding hydrogens is 360 g/mol. The number of amides is 4. The van der Waals surface area contributed by atoms with Crippen LogP contribution in [0, 0.1) is 0 Å². The highest BCUT2D eigenvalue weighted by atomic mass is 16.5. The predicted octanol–water partition coefficient (Wildman–Crippen LogP) is 1.10. The second-order valence-corrected chi connectivity index (χ2v) is 7.25. The molecule has 1 aromatic rings. The van der Waals surface area contributed by atoms with Gasteiger partial charge in [0.15, 0.2) is 0 Å². The third kappa shape index (κ3) is 7.09. The number of carbonyl (C=O) groups is 3. The first kappa shape index (κ1) is 21.5. The van der Waals surface area contributed by atoms with E-state index in [9.17, 15) is 14.4 Å². The minimum absolute atomic E-state index is 0.0549. The van der Waals surface area contributed by atoms with Crippen LogP contribution in [0.1, 0.15) is 39.2 Å². The molecule has 0 spiro atoms. The Morgan fingerprint density at radius 2 is 2.00 bits per heavy atom. The fourth-order valence-electron chi connectivity index (χ4n) is 2.82. The molecule has 28 heavy (non-hydrogen) atoms. The van der Waals surface area contributed by atoms with Crippen molar-refractivity contribution in [2.24, 2.45) is 0 Å². The minimum Gasteiger partial charge on any atom is -0.494 e. The second-order valence-electron chi connectivity index (χ2n) is 7.25. The average molecular weight is 390 g/mol. The highest BCUT2D eigenvalue weighted by molar-refractivity contribution is 5.91. The summed E-state index contributed by atoms with van der Waals surface area (Å²) in [4.78, 5) is 37.0. The number of ether oxygens (including phenoxy) is 1. The number of hydrogen-bond donors (Lipinski definition) is 4. The van der Waals surface area contributed by atoms with Crippen LogP contribution in [0.4, 0.5) is 4.79 Å². The maximum Gasteiger partial charge on any atom is 0.315 e. The smallest absolute Gasteiger partial charge is 0.315 e. The Morgan fingerprint density at radius 3 is 2.75 bits per heavy atom. The fourth-order valence-corrected chi connectivity index (χ4v) is 2.82. The molecule has 4 N–H and O–H groups in total. The van der Waals surface area contributed by atoms with Crippen LogP contribution in [0.5, 0.6) is 5.75 Å². The first-order chi connectivity index (χ1) is 13.3. The lowest BCUT2D eigenvalue weighted by atomic mass is 10.0. The zero-order chi connectivity index (χ0) is 20.5. The molecule has 2 bridgehead atoms. The van der Waals surface area contributed by atoms with Crippen LogP contribution in [0.25, 0.3) is 0 Å². The van der Waals surface area contributed by atoms with E-state index in [-0.39, 0.29) is 11.9 Å². The van der Waals surface area contributed by atoms with Crippen LogP contribution < -0.4 is 26.0 Å². The molecule has 1 heterocycles. The summed E-state index contributed by atoms with van der Waals surface area (Å²) in [6.45, 7) is 6.33. The Bertz CT molecular complexity index is 693. The molecule has 1 aromatic carbocycles. The Kier molecular flexibility index (Phi) is 8.10. The quantitative estimate of drug-likeness (QED) is 0.606. The molecule has 8 heteroatoms. The van der Waals surface area contributed by atoms with E-state index in [2.05, 4.69) is 21.3 Å². The van der Waals surface area contributed by atoms with Crippen molar-refractivity contribution in [1.29, 1.82) is 0 Å². The molecule has 2 atom stereocenters. The summed E-state index contributed by atoms with van der Waals surface area (Å²) in [5, 5.41) is 10.9. The van der Waals surface area contributed by atoms with Gasteiger partial charge in [-0.2, -0.15) is 0 Å². The molecule has 4 amide bonds. The number of fused-ring (bicyclic) bond motifs is 2. The van der Waals surface area contributed by atoms with Crippen LogP contribution in [-0.2, 0) is 16.0 Å². The molecule has 0 aromatic heterocycles. The number of urea groups is 1. The van der Waals surface area contributed by atoms with E-state index in [1.165, 1.54) is 0 Å². The van der Waals surface area contributed by atoms with Crippen LogP contribution in [0.15, 0.2) is 24.3 Å². The number of carbonyl (C=O) groups excluding carboxylic acids is 3. The van der Waals surface area contributed by atoms with Crippen LogP contribution in [0.2, 0.25) is 0 Å². The molecule has 0 fully saturated rings. The van der Waals surface area contributed by atoms with Gasteiger partial charge in [0.05, 0.1) is 6.61 Å². The maximum atomic E-state index is 12.6. The molecule has 0 radical (unpaired) electrons. The van der Waals surface area contributed by atoms with Crippen LogP contribution in [-0.4, -0.2) is 49.1 Å². The molecule has 154 valence electrons. The second kappa shape index (κ2) is 10.5. The van der Waals surface area contributed by atoms with Crippen molar-refractivity contribution in [2.45, 2.75) is 58.2 Å². The van der Waals surface area contributed by atoms with E-state index in [4.69, 9.17) is 4.74 Å². The van der Waals surface area contributed by atoms with E-state index in [0.717, 1.165) is 24.2 Å². The molecule has 0 saturated heterocycles. The zero-order valence-corrected chi connectivity index (χ0v) is 16.7. The molecule has 0 unspecified atom stereocenters. The van der Waals surface area contributed by atoms with E-state index in [0.29, 0.717) is 19.6 Å². The van der Waals surface area contributed by atoms with Gasteiger partial charge in [-0.25, -0.2) is 4.79 Å². The predicted molar refractivity (Wildman–Crippen MR) is 106 cm³/mol. The van der Waals surface area contributed by atoms with E-state index in [1.807, 2.05) is 38.1 Å². The minimum atomic E-state index is -0.767. The standard InChI is InChI=1S/C20H30N4O4/c1-13(2)22-19(26)17-12-15-7-6-8-16(11-15)28-10-5-4-9-21-20(27)23-14(3)18(25)24-17/h6-8,11,13-14,17H,4-5,9-10,12H2,1-3H3,(H,22,26)(H,24,25)(H2,21,23,27)/t14-,17-/m0/s1. The summed E-state index contributed by atoms with van der Waals surface area (Å²) in [5.74, 6) is 0.0315. The van der Waals surface area contributed by atoms with Crippen molar-refractivity contribution in [3.8, 4) is 5.75 Å². The van der Waals surface area contributed by atoms with E-state index in [1.54, 1.807) is 6.92 Å². The third-order valence-electron chi connectivity index (χ3n) is 4.27. The van der Waals surface area contributed by atoms with Crippen molar-refractivity contribution in [1.82, 2.24) is 21.3 Å². The monoisotopic (exact) mass is 390 g/mol. The lowest BCUT2D eigenvalue weighted by molar-refractivity contribution is -0.130. The van der Waals surface area contributed by atoms with Crippen molar-refractivity contribution in [3.05, 3.63) is 29.8 Å². The van der Waals surface area contributed by atoms with Gasteiger partial charge in [-0.1, -0.05) is 12.1 Å². The average Bonchev–Trinajstić information content (AvgIpc) is 2.63. The Hall–Kier alpha value is -2.77. The van der Waals surface area contributed by atoms with Gasteiger partial charge in [-0.15, -0.1) is 0 Å². The van der Waals surface area contributed by atoms with E-state index < -0.39 is 24.0 Å². The molecule has 2 rings (SSSR count). The van der Waals surface area contributed by atoms with Gasteiger partial charge in [0.1, 0.15) is 17.8 Å². The third-order valence-corrected chi connectivity index (χ3v) is 4.27. The summed E-state index contributed by atoms with van der Waals surface area (Å²) in [6, 6.07) is 5.52. The van der Waals surface area contributed by atoms with Gasteiger partial charge >= 0.3 is 6.03 Å². The number of hydrogen-bond acceptors (Lipinski definition) is 4. The summed E-state index contributed by atoms with van der Waals surface area (Å²) < 4.78 is 5.76. The number of rotatable bonds is 2. The summed E-state index contributed by atoms with van der Waals surface area (Å²) >= 11 is 0. The Morgan fingerprint density at radius 1 is 1.21 bits per heavy atom. The molecular formula is C20H30N4O4. The highest BCUT2D eigenvalue weighted by Gasteiger charge is 2.25. The summed E-state index contributed by atoms with van der Waals surface area (Å²) in [5.41, 5.74) is 0.882. The molecule has 0 saturated carbocycles. The fraction of sp³-hybridized carbons (Fsp3) is 0.550. The molecule has 0 aliphatic carbocycles. The van der Waals surface area contributed by atoms with Gasteiger partial charge < -0.3 is 26.0 Å². The molecule has 8 nitrogen and oxygen atoms in total. The topological polar surface area (TPSA) is 109 Å². The normalized spacial score (nSPS) is 21.7. The Labute approximate surface area is 165 Å². The van der Waals surface area contributed by atoms with Gasteiger partial charge in [0, 0.05) is 19.0 Å². The van der Waals surface area contributed by atoms with Crippen molar-refractivity contribution >= 4 is 17.8 Å². The maximum absolute atomic E-state index is 12.6. The highest BCUT2D eigenvalue weighted by Crippen LogP contribution is 2.15. The largest absolute Gasteiger partial charge is 0.494 e. The summed E-state index contributed by atoms with van der Waals surface area (Å²) in [6.07, 6.45) is 1.88. The van der Waals surface area contributed by atoms with Crippen molar-refractivity contribution in [3.63, 3.8) is 0 Å². The van der Waals surface area contributed by atoms with E-state index >= 15 is 0 Å². The van der Waals surface area contributed by atoms with Crippen LogP contribution in [0.3, 0.4) is 0 Å². The summed E-state index contributed by atoms with van der Waals surface area (Å²) in [7, 11) is 0. The molecule has 1 aliphatic heterocycles. The lowest BCUT2D eigenvalue weighted by Crippen LogP contribution is -2.55. The van der Waals surface area contributed by atoms with Gasteiger partial charge in [0.2, 0.25) is 11.8 Å². The Balaban J connectivity index is 2.22. The van der Waals surface area contributed by atoms with Gasteiger partial charge in [-0.3, -0.25) is 9.59 Å². The molecule has 1 aliphatic rings. The van der Waals surface area contributed by atoms with Gasteiger partial charge in [0.25, 0.3) is 0 Å². The van der Waals surface area contributed by atoms with Gasteiger partial charge in [-0.05, 0) is 51.3 Å². The van der Waals surface area contributed by atoms with Crippen molar-refractivity contribution < 1.29 is 19.1 Å². The zero-order valence-electron chi connectivity index (χ0n) is 16.7. The first-order valence-electron chi connectivity index (χ1n) is 9.72. The number of nitrogens with one attached hydrogen (secondary N) is 4.